The first kappa shape index (κ1) is 19.1. The van der Waals surface area contributed by atoms with Gasteiger partial charge in [-0.15, -0.1) is 24.8 Å². The quantitative estimate of drug-likeness (QED) is 0.888. The van der Waals surface area contributed by atoms with Crippen LogP contribution in [0.25, 0.3) is 0 Å². The molecule has 2 aliphatic rings. The molecule has 1 amide bonds. The monoisotopic (exact) mass is 345 g/mol. The number of benzene rings is 1. The number of carbonyl (C=O) groups is 1. The first-order valence-corrected chi connectivity index (χ1v) is 7.61. The van der Waals surface area contributed by atoms with Crippen molar-refractivity contribution in [3.05, 3.63) is 30.3 Å². The summed E-state index contributed by atoms with van der Waals surface area (Å²) in [5.41, 5.74) is 1.26. The third-order valence-electron chi connectivity index (χ3n) is 4.16. The van der Waals surface area contributed by atoms with Crippen molar-refractivity contribution in [3.63, 3.8) is 0 Å². The molecule has 22 heavy (non-hydrogen) atoms. The number of carbonyl (C=O) groups excluding carboxylic acids is 1. The molecule has 3 rings (SSSR count). The third kappa shape index (κ3) is 5.34. The van der Waals surface area contributed by atoms with Crippen molar-refractivity contribution in [2.75, 3.05) is 44.2 Å². The molecule has 124 valence electrons. The van der Waals surface area contributed by atoms with Crippen LogP contribution in [0.15, 0.2) is 30.3 Å². The van der Waals surface area contributed by atoms with Gasteiger partial charge >= 0.3 is 0 Å². The molecule has 1 saturated carbocycles. The summed E-state index contributed by atoms with van der Waals surface area (Å²) >= 11 is 0. The summed E-state index contributed by atoms with van der Waals surface area (Å²) in [6, 6.07) is 10.4. The largest absolute Gasteiger partial charge is 0.368 e. The van der Waals surface area contributed by atoms with Crippen molar-refractivity contribution in [2.24, 2.45) is 5.92 Å². The molecule has 1 aliphatic heterocycles. The highest BCUT2D eigenvalue weighted by Crippen LogP contribution is 2.27. The van der Waals surface area contributed by atoms with Gasteiger partial charge in [-0.25, -0.2) is 0 Å². The molecule has 0 aromatic heterocycles. The van der Waals surface area contributed by atoms with E-state index in [9.17, 15) is 4.79 Å². The van der Waals surface area contributed by atoms with Crippen molar-refractivity contribution in [1.82, 2.24) is 10.2 Å². The number of amides is 1. The van der Waals surface area contributed by atoms with E-state index in [1.54, 1.807) is 0 Å². The van der Waals surface area contributed by atoms with Crippen molar-refractivity contribution < 1.29 is 4.79 Å². The summed E-state index contributed by atoms with van der Waals surface area (Å²) in [5, 5.41) is 3.28. The van der Waals surface area contributed by atoms with E-state index in [2.05, 4.69) is 34.5 Å². The van der Waals surface area contributed by atoms with E-state index >= 15 is 0 Å². The average Bonchev–Trinajstić information content (AvgIpc) is 3.32. The number of halogens is 2. The average molecular weight is 346 g/mol. The molecule has 0 bridgehead atoms. The first-order chi connectivity index (χ1) is 9.83. The van der Waals surface area contributed by atoms with Crippen LogP contribution < -0.4 is 10.2 Å². The Hall–Kier alpha value is -0.970. The van der Waals surface area contributed by atoms with E-state index in [0.717, 1.165) is 38.6 Å². The predicted molar refractivity (Wildman–Crippen MR) is 95.3 cm³/mol. The van der Waals surface area contributed by atoms with Gasteiger partial charge in [0.2, 0.25) is 5.91 Å². The summed E-state index contributed by atoms with van der Waals surface area (Å²) < 4.78 is 0. The Kier molecular flexibility index (Phi) is 8.01. The predicted octanol–water partition coefficient (Wildman–Crippen LogP) is 2.18. The molecule has 0 atom stereocenters. The van der Waals surface area contributed by atoms with Crippen LogP contribution in [-0.2, 0) is 4.79 Å². The van der Waals surface area contributed by atoms with Gasteiger partial charge < -0.3 is 15.1 Å². The Morgan fingerprint density at radius 1 is 1.05 bits per heavy atom. The zero-order valence-corrected chi connectivity index (χ0v) is 14.4. The first-order valence-electron chi connectivity index (χ1n) is 7.61. The number of piperazine rings is 1. The molecule has 1 N–H and O–H groups in total. The fourth-order valence-corrected chi connectivity index (χ4v) is 2.67. The van der Waals surface area contributed by atoms with E-state index in [0.29, 0.717) is 6.54 Å². The Labute approximate surface area is 145 Å². The number of anilines is 1. The van der Waals surface area contributed by atoms with Crippen molar-refractivity contribution >= 4 is 36.4 Å². The minimum atomic E-state index is 0. The van der Waals surface area contributed by atoms with E-state index in [4.69, 9.17) is 0 Å². The Balaban J connectivity index is 0.00000121. The van der Waals surface area contributed by atoms with Crippen LogP contribution in [-0.4, -0.2) is 50.1 Å². The molecule has 4 nitrogen and oxygen atoms in total. The lowest BCUT2D eigenvalue weighted by molar-refractivity contribution is -0.130. The molecule has 0 unspecified atom stereocenters. The molecule has 6 heteroatoms. The summed E-state index contributed by atoms with van der Waals surface area (Å²) in [4.78, 5) is 16.4. The second kappa shape index (κ2) is 9.23. The summed E-state index contributed by atoms with van der Waals surface area (Å²) in [7, 11) is 0. The number of hydrogen-bond donors (Lipinski definition) is 1. The van der Waals surface area contributed by atoms with Crippen LogP contribution in [0.2, 0.25) is 0 Å². The molecule has 0 spiro atoms. The topological polar surface area (TPSA) is 35.6 Å². The smallest absolute Gasteiger partial charge is 0.236 e. The third-order valence-corrected chi connectivity index (χ3v) is 4.16. The summed E-state index contributed by atoms with van der Waals surface area (Å²) in [6.45, 7) is 5.03. The van der Waals surface area contributed by atoms with Crippen LogP contribution in [0.1, 0.15) is 12.8 Å². The van der Waals surface area contributed by atoms with Gasteiger partial charge in [0.05, 0.1) is 6.54 Å². The highest BCUT2D eigenvalue weighted by atomic mass is 35.5. The number of rotatable bonds is 5. The number of nitrogens with one attached hydrogen (secondary N) is 1. The maximum Gasteiger partial charge on any atom is 0.236 e. The van der Waals surface area contributed by atoms with Crippen molar-refractivity contribution in [3.8, 4) is 0 Å². The molecule has 1 saturated heterocycles. The maximum absolute atomic E-state index is 12.1. The van der Waals surface area contributed by atoms with Crippen molar-refractivity contribution in [1.29, 1.82) is 0 Å². The second-order valence-electron chi connectivity index (χ2n) is 5.78. The summed E-state index contributed by atoms with van der Waals surface area (Å²) in [5.74, 6) is 1.08. The van der Waals surface area contributed by atoms with Crippen LogP contribution in [0.3, 0.4) is 0 Å². The number of hydrogen-bond acceptors (Lipinski definition) is 3. The normalized spacial score (nSPS) is 17.5. The summed E-state index contributed by atoms with van der Waals surface area (Å²) in [6.07, 6.45) is 2.66. The molecule has 1 heterocycles. The highest BCUT2D eigenvalue weighted by Gasteiger charge is 2.23. The zero-order valence-electron chi connectivity index (χ0n) is 12.7. The number of nitrogens with zero attached hydrogens (tertiary/aromatic N) is 2. The van der Waals surface area contributed by atoms with Gasteiger partial charge in [0.25, 0.3) is 0 Å². The zero-order chi connectivity index (χ0) is 13.8. The van der Waals surface area contributed by atoms with Gasteiger partial charge in [0.15, 0.2) is 0 Å². The van der Waals surface area contributed by atoms with Gasteiger partial charge in [-0.3, -0.25) is 4.79 Å². The lowest BCUT2D eigenvalue weighted by Crippen LogP contribution is -2.51. The lowest BCUT2D eigenvalue weighted by atomic mass is 10.2. The van der Waals surface area contributed by atoms with Crippen LogP contribution in [0.5, 0.6) is 0 Å². The van der Waals surface area contributed by atoms with Gasteiger partial charge in [0, 0.05) is 31.9 Å². The standard InChI is InChI=1S/C16H23N3O.2ClH/c20-16(13-17-12-14-6-7-14)19-10-8-18(9-11-19)15-4-2-1-3-5-15;;/h1-5,14,17H,6-13H2;2*1H. The molecular formula is C16H25Cl2N3O. The molecule has 2 fully saturated rings. The Morgan fingerprint density at radius 2 is 1.68 bits per heavy atom. The highest BCUT2D eigenvalue weighted by molar-refractivity contribution is 5.85. The number of para-hydroxylation sites is 1. The van der Waals surface area contributed by atoms with Gasteiger partial charge in [-0.2, -0.15) is 0 Å². The molecule has 1 aromatic rings. The maximum atomic E-state index is 12.1. The lowest BCUT2D eigenvalue weighted by Gasteiger charge is -2.36. The van der Waals surface area contributed by atoms with Gasteiger partial charge in [-0.05, 0) is 37.4 Å². The fourth-order valence-electron chi connectivity index (χ4n) is 2.67. The Morgan fingerprint density at radius 3 is 2.27 bits per heavy atom. The fraction of sp³-hybridized carbons (Fsp3) is 0.562. The minimum Gasteiger partial charge on any atom is -0.368 e. The minimum absolute atomic E-state index is 0. The van der Waals surface area contributed by atoms with Crippen molar-refractivity contribution in [2.45, 2.75) is 12.8 Å². The van der Waals surface area contributed by atoms with E-state index in [1.807, 2.05) is 11.0 Å². The Bertz CT molecular complexity index is 446. The SMILES string of the molecule is Cl.Cl.O=C(CNCC1CC1)N1CCN(c2ccccc2)CC1. The molecule has 1 aromatic carbocycles. The van der Waals surface area contributed by atoms with Crippen LogP contribution in [0.4, 0.5) is 5.69 Å². The van der Waals surface area contributed by atoms with Gasteiger partial charge in [0.1, 0.15) is 0 Å². The second-order valence-corrected chi connectivity index (χ2v) is 5.78. The van der Waals surface area contributed by atoms with Crippen LogP contribution >= 0.6 is 24.8 Å². The van der Waals surface area contributed by atoms with E-state index in [1.165, 1.54) is 18.5 Å². The van der Waals surface area contributed by atoms with E-state index < -0.39 is 0 Å². The molecule has 0 radical (unpaired) electrons. The molecular weight excluding hydrogens is 321 g/mol. The van der Waals surface area contributed by atoms with Crippen LogP contribution in [0, 0.1) is 5.92 Å². The van der Waals surface area contributed by atoms with Gasteiger partial charge in [-0.1, -0.05) is 18.2 Å². The van der Waals surface area contributed by atoms with E-state index in [-0.39, 0.29) is 30.7 Å². The molecule has 1 aliphatic carbocycles.